The Hall–Kier alpha value is -1.91. The number of nitrogens with one attached hydrogen (secondary N) is 1. The number of amides is 1. The highest BCUT2D eigenvalue weighted by Gasteiger charge is 2.26. The van der Waals surface area contributed by atoms with Crippen LogP contribution in [0.25, 0.3) is 0 Å². The summed E-state index contributed by atoms with van der Waals surface area (Å²) in [6, 6.07) is 5.16. The maximum absolute atomic E-state index is 13.0. The zero-order valence-corrected chi connectivity index (χ0v) is 12.0. The number of halogens is 1. The fourth-order valence-corrected chi connectivity index (χ4v) is 1.85. The molecular weight excluding hydrogens is 261 g/mol. The molecule has 20 heavy (non-hydrogen) atoms. The Morgan fingerprint density at radius 1 is 1.40 bits per heavy atom. The molecule has 0 saturated heterocycles. The lowest BCUT2D eigenvalue weighted by Gasteiger charge is -2.21. The van der Waals surface area contributed by atoms with E-state index in [4.69, 9.17) is 4.74 Å². The minimum absolute atomic E-state index is 0.0288. The van der Waals surface area contributed by atoms with Crippen molar-refractivity contribution in [2.45, 2.75) is 32.7 Å². The molecule has 0 aromatic heterocycles. The summed E-state index contributed by atoms with van der Waals surface area (Å²) in [4.78, 5) is 23.6. The highest BCUT2D eigenvalue weighted by atomic mass is 19.1. The van der Waals surface area contributed by atoms with Gasteiger partial charge >= 0.3 is 5.97 Å². The van der Waals surface area contributed by atoms with E-state index in [2.05, 4.69) is 5.32 Å². The van der Waals surface area contributed by atoms with E-state index >= 15 is 0 Å². The van der Waals surface area contributed by atoms with Gasteiger partial charge in [-0.3, -0.25) is 4.79 Å². The summed E-state index contributed by atoms with van der Waals surface area (Å²) in [7, 11) is 1.29. The average Bonchev–Trinajstić information content (AvgIpc) is 2.43. The Morgan fingerprint density at radius 2 is 2.10 bits per heavy atom. The van der Waals surface area contributed by atoms with E-state index in [1.54, 1.807) is 12.1 Å². The van der Waals surface area contributed by atoms with Crippen LogP contribution in [0.15, 0.2) is 24.3 Å². The van der Waals surface area contributed by atoms with Crippen LogP contribution in [0.2, 0.25) is 0 Å². The SMILES string of the molecule is CC[C@H](C)[C@@H](NC(=O)Cc1cccc(F)c1)C(=O)OC. The second-order valence-corrected chi connectivity index (χ2v) is 4.76. The first kappa shape index (κ1) is 16.1. The third-order valence-electron chi connectivity index (χ3n) is 3.24. The third-order valence-corrected chi connectivity index (χ3v) is 3.24. The highest BCUT2D eigenvalue weighted by Crippen LogP contribution is 2.10. The van der Waals surface area contributed by atoms with Crippen LogP contribution < -0.4 is 5.32 Å². The summed E-state index contributed by atoms with van der Waals surface area (Å²) >= 11 is 0. The molecule has 1 amide bonds. The summed E-state index contributed by atoms with van der Waals surface area (Å²) in [6.07, 6.45) is 0.766. The van der Waals surface area contributed by atoms with E-state index in [-0.39, 0.29) is 24.1 Å². The monoisotopic (exact) mass is 281 g/mol. The van der Waals surface area contributed by atoms with Crippen molar-refractivity contribution in [1.29, 1.82) is 0 Å². The largest absolute Gasteiger partial charge is 0.467 e. The van der Waals surface area contributed by atoms with E-state index in [0.29, 0.717) is 5.56 Å². The number of esters is 1. The molecule has 1 N–H and O–H groups in total. The van der Waals surface area contributed by atoms with Crippen LogP contribution in [-0.2, 0) is 20.7 Å². The molecule has 0 heterocycles. The van der Waals surface area contributed by atoms with Gasteiger partial charge in [0.15, 0.2) is 0 Å². The lowest BCUT2D eigenvalue weighted by atomic mass is 9.99. The van der Waals surface area contributed by atoms with Gasteiger partial charge in [0, 0.05) is 0 Å². The number of rotatable bonds is 6. The highest BCUT2D eigenvalue weighted by molar-refractivity contribution is 5.85. The Kier molecular flexibility index (Phi) is 6.15. The molecule has 4 nitrogen and oxygen atoms in total. The topological polar surface area (TPSA) is 55.4 Å². The van der Waals surface area contributed by atoms with Gasteiger partial charge in [-0.1, -0.05) is 32.4 Å². The molecule has 0 radical (unpaired) electrons. The first-order valence-corrected chi connectivity index (χ1v) is 6.59. The van der Waals surface area contributed by atoms with Crippen LogP contribution >= 0.6 is 0 Å². The van der Waals surface area contributed by atoms with Crippen molar-refractivity contribution in [2.75, 3.05) is 7.11 Å². The molecule has 0 aliphatic carbocycles. The van der Waals surface area contributed by atoms with Crippen LogP contribution in [0.1, 0.15) is 25.8 Å². The Balaban J connectivity index is 2.69. The third kappa shape index (κ3) is 4.64. The van der Waals surface area contributed by atoms with Gasteiger partial charge in [-0.05, 0) is 23.6 Å². The first-order valence-electron chi connectivity index (χ1n) is 6.59. The molecular formula is C15H20FNO3. The van der Waals surface area contributed by atoms with Crippen molar-refractivity contribution in [2.24, 2.45) is 5.92 Å². The number of methoxy groups -OCH3 is 1. The number of hydrogen-bond acceptors (Lipinski definition) is 3. The van der Waals surface area contributed by atoms with E-state index in [0.717, 1.165) is 6.42 Å². The van der Waals surface area contributed by atoms with Crippen molar-refractivity contribution in [3.05, 3.63) is 35.6 Å². The molecule has 1 aromatic carbocycles. The summed E-state index contributed by atoms with van der Waals surface area (Å²) in [5.74, 6) is -1.21. The first-order chi connectivity index (χ1) is 9.47. The maximum atomic E-state index is 13.0. The average molecular weight is 281 g/mol. The van der Waals surface area contributed by atoms with Crippen LogP contribution in [0.3, 0.4) is 0 Å². The molecule has 5 heteroatoms. The van der Waals surface area contributed by atoms with Crippen molar-refractivity contribution in [3.8, 4) is 0 Å². The lowest BCUT2D eigenvalue weighted by Crippen LogP contribution is -2.46. The predicted octanol–water partition coefficient (Wildman–Crippen LogP) is 2.07. The molecule has 0 fully saturated rings. The van der Waals surface area contributed by atoms with Crippen LogP contribution in [0, 0.1) is 11.7 Å². The molecule has 1 rings (SSSR count). The fraction of sp³-hybridized carbons (Fsp3) is 0.467. The number of carbonyl (C=O) groups is 2. The summed E-state index contributed by atoms with van der Waals surface area (Å²) < 4.78 is 17.7. The molecule has 2 atom stereocenters. The smallest absolute Gasteiger partial charge is 0.328 e. The number of hydrogen-bond donors (Lipinski definition) is 1. The predicted molar refractivity (Wildman–Crippen MR) is 73.5 cm³/mol. The van der Waals surface area contributed by atoms with Crippen molar-refractivity contribution < 1.29 is 18.7 Å². The van der Waals surface area contributed by atoms with Crippen LogP contribution in [-0.4, -0.2) is 25.0 Å². The molecule has 0 bridgehead atoms. The molecule has 0 spiro atoms. The summed E-state index contributed by atoms with van der Waals surface area (Å²) in [6.45, 7) is 3.80. The van der Waals surface area contributed by atoms with Gasteiger partial charge < -0.3 is 10.1 Å². The maximum Gasteiger partial charge on any atom is 0.328 e. The Bertz CT molecular complexity index is 476. The van der Waals surface area contributed by atoms with E-state index in [1.165, 1.54) is 19.2 Å². The lowest BCUT2D eigenvalue weighted by molar-refractivity contribution is -0.146. The minimum Gasteiger partial charge on any atom is -0.467 e. The number of ether oxygens (including phenoxy) is 1. The Morgan fingerprint density at radius 3 is 2.65 bits per heavy atom. The van der Waals surface area contributed by atoms with E-state index in [9.17, 15) is 14.0 Å². The van der Waals surface area contributed by atoms with E-state index < -0.39 is 12.0 Å². The van der Waals surface area contributed by atoms with E-state index in [1.807, 2.05) is 13.8 Å². The molecule has 0 unspecified atom stereocenters. The standard InChI is InChI=1S/C15H20FNO3/c1-4-10(2)14(15(19)20-3)17-13(18)9-11-6-5-7-12(16)8-11/h5-8,10,14H,4,9H2,1-3H3,(H,17,18)/t10-,14+/m0/s1. The van der Waals surface area contributed by atoms with Gasteiger partial charge in [-0.15, -0.1) is 0 Å². The zero-order chi connectivity index (χ0) is 15.1. The van der Waals surface area contributed by atoms with Gasteiger partial charge in [0.1, 0.15) is 11.9 Å². The molecule has 0 saturated carbocycles. The molecule has 110 valence electrons. The summed E-state index contributed by atoms with van der Waals surface area (Å²) in [5, 5.41) is 2.65. The van der Waals surface area contributed by atoms with Crippen molar-refractivity contribution in [1.82, 2.24) is 5.32 Å². The Labute approximate surface area is 118 Å². The molecule has 1 aromatic rings. The second kappa shape index (κ2) is 7.62. The number of carbonyl (C=O) groups excluding carboxylic acids is 2. The summed E-state index contributed by atoms with van der Waals surface area (Å²) in [5.41, 5.74) is 0.565. The van der Waals surface area contributed by atoms with Crippen molar-refractivity contribution in [3.63, 3.8) is 0 Å². The molecule has 0 aliphatic rings. The number of benzene rings is 1. The van der Waals surface area contributed by atoms with Gasteiger partial charge in [-0.2, -0.15) is 0 Å². The van der Waals surface area contributed by atoms with Gasteiger partial charge in [0.2, 0.25) is 5.91 Å². The van der Waals surface area contributed by atoms with Gasteiger partial charge in [0.05, 0.1) is 13.5 Å². The normalized spacial score (nSPS) is 13.4. The van der Waals surface area contributed by atoms with Gasteiger partial charge in [-0.25, -0.2) is 9.18 Å². The van der Waals surface area contributed by atoms with Gasteiger partial charge in [0.25, 0.3) is 0 Å². The van der Waals surface area contributed by atoms with Crippen LogP contribution in [0.5, 0.6) is 0 Å². The van der Waals surface area contributed by atoms with Crippen LogP contribution in [0.4, 0.5) is 4.39 Å². The second-order valence-electron chi connectivity index (χ2n) is 4.76. The molecule has 0 aliphatic heterocycles. The fourth-order valence-electron chi connectivity index (χ4n) is 1.85. The van der Waals surface area contributed by atoms with Crippen molar-refractivity contribution >= 4 is 11.9 Å². The quantitative estimate of drug-likeness (QED) is 0.812. The minimum atomic E-state index is -0.675. The zero-order valence-electron chi connectivity index (χ0n) is 12.0.